The van der Waals surface area contributed by atoms with Gasteiger partial charge < -0.3 is 15.5 Å². The normalized spacial score (nSPS) is 24.1. The molecule has 1 heterocycles. The molecule has 2 N–H and O–H groups in total. The Balaban J connectivity index is 0.00000264. The fourth-order valence-corrected chi connectivity index (χ4v) is 3.79. The van der Waals surface area contributed by atoms with E-state index in [1.165, 1.54) is 77.4 Å². The zero-order chi connectivity index (χ0) is 15.6. The van der Waals surface area contributed by atoms with Crippen molar-refractivity contribution in [3.8, 4) is 0 Å². The first-order valence-corrected chi connectivity index (χ1v) is 9.47. The van der Waals surface area contributed by atoms with Crippen molar-refractivity contribution < 1.29 is 0 Å². The lowest BCUT2D eigenvalue weighted by atomic mass is 9.96. The average molecular weight is 436 g/mol. The molecule has 23 heavy (non-hydrogen) atoms. The van der Waals surface area contributed by atoms with Crippen LogP contribution >= 0.6 is 24.0 Å². The number of aliphatic imine (C=N–C) groups is 1. The van der Waals surface area contributed by atoms with Crippen molar-refractivity contribution in [3.05, 3.63) is 0 Å². The number of nitrogens with one attached hydrogen (secondary N) is 2. The molecule has 136 valence electrons. The van der Waals surface area contributed by atoms with Gasteiger partial charge in [-0.25, -0.2) is 0 Å². The zero-order valence-electron chi connectivity index (χ0n) is 15.1. The first-order valence-electron chi connectivity index (χ1n) is 9.47. The lowest BCUT2D eigenvalue weighted by Crippen LogP contribution is -2.44. The molecular formula is C18H37IN4. The molecule has 0 aromatic carbocycles. The highest BCUT2D eigenvalue weighted by atomic mass is 127. The molecule has 1 saturated carbocycles. The van der Waals surface area contributed by atoms with Gasteiger partial charge in [0.2, 0.25) is 0 Å². The van der Waals surface area contributed by atoms with E-state index in [0.29, 0.717) is 6.04 Å². The number of unbranched alkanes of at least 4 members (excludes halogenated alkanes) is 1. The molecule has 0 amide bonds. The summed E-state index contributed by atoms with van der Waals surface area (Å²) in [5.41, 5.74) is 0. The van der Waals surface area contributed by atoms with Gasteiger partial charge in [0.1, 0.15) is 0 Å². The Kier molecular flexibility index (Phi) is 11.3. The SMILES string of the molecule is CN=C(NCCCCN1CCCC(C)C1)NC1CCCCC1.I. The standard InChI is InChI=1S/C18H36N4.HI/c1-16-9-8-14-22(15-16)13-7-6-12-20-18(19-2)21-17-10-4-3-5-11-17;/h16-17H,3-15H2,1-2H3,(H2,19,20,21);1H. The summed E-state index contributed by atoms with van der Waals surface area (Å²) < 4.78 is 0. The summed E-state index contributed by atoms with van der Waals surface area (Å²) >= 11 is 0. The second-order valence-corrected chi connectivity index (χ2v) is 7.23. The fourth-order valence-electron chi connectivity index (χ4n) is 3.79. The molecule has 0 aromatic heterocycles. The van der Waals surface area contributed by atoms with Gasteiger partial charge in [0.15, 0.2) is 5.96 Å². The van der Waals surface area contributed by atoms with Gasteiger partial charge >= 0.3 is 0 Å². The van der Waals surface area contributed by atoms with E-state index in [4.69, 9.17) is 0 Å². The summed E-state index contributed by atoms with van der Waals surface area (Å²) in [6.07, 6.45) is 12.1. The Labute approximate surface area is 160 Å². The molecular weight excluding hydrogens is 399 g/mol. The minimum absolute atomic E-state index is 0. The number of rotatable bonds is 6. The first kappa shape index (κ1) is 21.0. The average Bonchev–Trinajstić information content (AvgIpc) is 2.54. The van der Waals surface area contributed by atoms with Crippen LogP contribution in [-0.2, 0) is 0 Å². The summed E-state index contributed by atoms with van der Waals surface area (Å²) in [5.74, 6) is 1.89. The second-order valence-electron chi connectivity index (χ2n) is 7.23. The van der Waals surface area contributed by atoms with Crippen molar-refractivity contribution in [2.24, 2.45) is 10.9 Å². The summed E-state index contributed by atoms with van der Waals surface area (Å²) in [7, 11) is 1.88. The van der Waals surface area contributed by atoms with Crippen LogP contribution in [0.1, 0.15) is 64.7 Å². The van der Waals surface area contributed by atoms with Crippen LogP contribution in [0.25, 0.3) is 0 Å². The Morgan fingerprint density at radius 3 is 2.57 bits per heavy atom. The van der Waals surface area contributed by atoms with E-state index in [9.17, 15) is 0 Å². The topological polar surface area (TPSA) is 39.7 Å². The van der Waals surface area contributed by atoms with Gasteiger partial charge in [0, 0.05) is 26.2 Å². The van der Waals surface area contributed by atoms with Gasteiger partial charge in [-0.05, 0) is 57.5 Å². The van der Waals surface area contributed by atoms with E-state index < -0.39 is 0 Å². The van der Waals surface area contributed by atoms with Crippen molar-refractivity contribution in [2.75, 3.05) is 33.2 Å². The smallest absolute Gasteiger partial charge is 0.191 e. The van der Waals surface area contributed by atoms with E-state index in [1.54, 1.807) is 0 Å². The number of hydrogen-bond donors (Lipinski definition) is 2. The van der Waals surface area contributed by atoms with Crippen LogP contribution in [0.3, 0.4) is 0 Å². The predicted octanol–water partition coefficient (Wildman–Crippen LogP) is 3.61. The van der Waals surface area contributed by atoms with Gasteiger partial charge in [-0.15, -0.1) is 24.0 Å². The third kappa shape index (κ3) is 8.57. The Bertz CT molecular complexity index is 329. The number of hydrogen-bond acceptors (Lipinski definition) is 2. The molecule has 4 nitrogen and oxygen atoms in total. The van der Waals surface area contributed by atoms with Crippen LogP contribution in [-0.4, -0.2) is 50.1 Å². The molecule has 0 radical (unpaired) electrons. The Morgan fingerprint density at radius 2 is 1.87 bits per heavy atom. The summed E-state index contributed by atoms with van der Waals surface area (Å²) in [6, 6.07) is 0.634. The third-order valence-corrected chi connectivity index (χ3v) is 5.10. The molecule has 1 aliphatic carbocycles. The highest BCUT2D eigenvalue weighted by Crippen LogP contribution is 2.17. The number of guanidine groups is 1. The summed E-state index contributed by atoms with van der Waals surface area (Å²) in [4.78, 5) is 7.01. The van der Waals surface area contributed by atoms with Crippen LogP contribution in [0.15, 0.2) is 4.99 Å². The molecule has 0 spiro atoms. The Hall–Kier alpha value is -0.0400. The molecule has 1 saturated heterocycles. The van der Waals surface area contributed by atoms with Crippen LogP contribution in [0, 0.1) is 5.92 Å². The molecule has 0 bridgehead atoms. The number of piperidine rings is 1. The minimum atomic E-state index is 0. The lowest BCUT2D eigenvalue weighted by molar-refractivity contribution is 0.181. The van der Waals surface area contributed by atoms with Gasteiger partial charge in [0.05, 0.1) is 0 Å². The molecule has 5 heteroatoms. The maximum absolute atomic E-state index is 4.36. The van der Waals surface area contributed by atoms with E-state index >= 15 is 0 Å². The van der Waals surface area contributed by atoms with Crippen LogP contribution in [0.5, 0.6) is 0 Å². The maximum Gasteiger partial charge on any atom is 0.191 e. The van der Waals surface area contributed by atoms with Gasteiger partial charge in [0.25, 0.3) is 0 Å². The molecule has 0 aromatic rings. The summed E-state index contributed by atoms with van der Waals surface area (Å²) in [5, 5.41) is 7.06. The Morgan fingerprint density at radius 1 is 1.09 bits per heavy atom. The minimum Gasteiger partial charge on any atom is -0.356 e. The molecule has 1 aliphatic heterocycles. The van der Waals surface area contributed by atoms with Gasteiger partial charge in [-0.2, -0.15) is 0 Å². The monoisotopic (exact) mass is 436 g/mol. The maximum atomic E-state index is 4.36. The molecule has 2 rings (SSSR count). The van der Waals surface area contributed by atoms with Crippen LogP contribution < -0.4 is 10.6 Å². The molecule has 1 unspecified atom stereocenters. The second kappa shape index (κ2) is 12.3. The van der Waals surface area contributed by atoms with Crippen molar-refractivity contribution in [2.45, 2.75) is 70.8 Å². The quantitative estimate of drug-likeness (QED) is 0.289. The van der Waals surface area contributed by atoms with Crippen molar-refractivity contribution in [1.82, 2.24) is 15.5 Å². The number of likely N-dealkylation sites (tertiary alicyclic amines) is 1. The van der Waals surface area contributed by atoms with Crippen molar-refractivity contribution in [1.29, 1.82) is 0 Å². The first-order chi connectivity index (χ1) is 10.8. The highest BCUT2D eigenvalue weighted by molar-refractivity contribution is 14.0. The lowest BCUT2D eigenvalue weighted by Gasteiger charge is -2.30. The zero-order valence-corrected chi connectivity index (χ0v) is 17.5. The number of halogens is 1. The van der Waals surface area contributed by atoms with E-state index in [0.717, 1.165) is 18.4 Å². The highest BCUT2D eigenvalue weighted by Gasteiger charge is 2.16. The van der Waals surface area contributed by atoms with E-state index in [-0.39, 0.29) is 24.0 Å². The summed E-state index contributed by atoms with van der Waals surface area (Å²) in [6.45, 7) is 7.30. The van der Waals surface area contributed by atoms with Crippen LogP contribution in [0.4, 0.5) is 0 Å². The largest absolute Gasteiger partial charge is 0.356 e. The number of nitrogens with zero attached hydrogens (tertiary/aromatic N) is 2. The van der Waals surface area contributed by atoms with Gasteiger partial charge in [-0.3, -0.25) is 4.99 Å². The van der Waals surface area contributed by atoms with Crippen molar-refractivity contribution >= 4 is 29.9 Å². The van der Waals surface area contributed by atoms with Crippen molar-refractivity contribution in [3.63, 3.8) is 0 Å². The van der Waals surface area contributed by atoms with E-state index in [1.807, 2.05) is 7.05 Å². The predicted molar refractivity (Wildman–Crippen MR) is 111 cm³/mol. The third-order valence-electron chi connectivity index (χ3n) is 5.10. The van der Waals surface area contributed by atoms with Gasteiger partial charge in [-0.1, -0.05) is 26.2 Å². The molecule has 2 aliphatic rings. The van der Waals surface area contributed by atoms with E-state index in [2.05, 4.69) is 27.4 Å². The fraction of sp³-hybridized carbons (Fsp3) is 0.944. The molecule has 1 atom stereocenters. The molecule has 2 fully saturated rings. The van der Waals surface area contributed by atoms with Crippen LogP contribution in [0.2, 0.25) is 0 Å².